The minimum absolute atomic E-state index is 0.0972. The van der Waals surface area contributed by atoms with E-state index in [2.05, 4.69) is 41.5 Å². The second kappa shape index (κ2) is 47.1. The highest BCUT2D eigenvalue weighted by molar-refractivity contribution is 5.80. The van der Waals surface area contributed by atoms with Crippen LogP contribution in [0.2, 0.25) is 0 Å². The van der Waals surface area contributed by atoms with E-state index in [0.717, 1.165) is 12.6 Å². The van der Waals surface area contributed by atoms with Crippen molar-refractivity contribution < 1.29 is 58.2 Å². The van der Waals surface area contributed by atoms with Crippen LogP contribution in [0, 0.1) is 0 Å². The Morgan fingerprint density at radius 3 is 1.17 bits per heavy atom. The zero-order chi connectivity index (χ0) is 32.6. The highest BCUT2D eigenvalue weighted by atomic mass is 16.5. The van der Waals surface area contributed by atoms with Crippen molar-refractivity contribution in [3.8, 4) is 0 Å². The summed E-state index contributed by atoms with van der Waals surface area (Å²) < 4.78 is 22.2. The quantitative estimate of drug-likeness (QED) is 0.0366. The normalized spacial score (nSPS) is 8.90. The van der Waals surface area contributed by atoms with E-state index in [-0.39, 0.29) is 37.7 Å². The second-order valence-electron chi connectivity index (χ2n) is 6.91. The molecule has 0 rings (SSSR count). The van der Waals surface area contributed by atoms with Gasteiger partial charge in [-0.3, -0.25) is 14.4 Å². The van der Waals surface area contributed by atoms with Crippen molar-refractivity contribution >= 4 is 23.9 Å². The van der Waals surface area contributed by atoms with Crippen LogP contribution in [0.4, 0.5) is 0 Å². The lowest BCUT2D eigenvalue weighted by atomic mass is 10.4. The Labute approximate surface area is 243 Å². The number of aliphatic hydroxyl groups excluding tert-OH is 3. The molecule has 16 heteroatoms. The number of hydrogen-bond acceptors (Lipinski definition) is 16. The van der Waals surface area contributed by atoms with Gasteiger partial charge in [0.25, 0.3) is 0 Å². The number of ether oxygens (including phenoxy) is 5. The third-order valence-electron chi connectivity index (χ3n) is 3.76. The zero-order valence-corrected chi connectivity index (χ0v) is 25.3. The molecular formula is C25H54N4O12. The summed E-state index contributed by atoms with van der Waals surface area (Å²) >= 11 is 0. The molecule has 41 heavy (non-hydrogen) atoms. The summed E-state index contributed by atoms with van der Waals surface area (Å²) in [4.78, 5) is 41.3. The minimum Gasteiger partial charge on any atom is -0.469 e. The molecule has 0 aromatic carbocycles. The van der Waals surface area contributed by atoms with Crippen LogP contribution in [-0.2, 0) is 42.9 Å². The number of carbonyl (C=O) groups excluding carboxylic acids is 4. The number of esters is 4. The van der Waals surface area contributed by atoms with E-state index in [1.54, 1.807) is 7.11 Å². The van der Waals surface area contributed by atoms with Crippen LogP contribution in [0.25, 0.3) is 0 Å². The van der Waals surface area contributed by atoms with Crippen molar-refractivity contribution in [3.63, 3.8) is 0 Å². The van der Waals surface area contributed by atoms with Crippen LogP contribution >= 0.6 is 0 Å². The van der Waals surface area contributed by atoms with Crippen molar-refractivity contribution in [2.45, 2.75) is 19.3 Å². The maximum atomic E-state index is 10.6. The van der Waals surface area contributed by atoms with Crippen LogP contribution in [-0.4, -0.2) is 147 Å². The summed E-state index contributed by atoms with van der Waals surface area (Å²) in [7, 11) is 7.05. The lowest BCUT2D eigenvalue weighted by Crippen LogP contribution is -2.22. The number of rotatable bonds is 18. The molecule has 0 bridgehead atoms. The molecule has 0 aliphatic rings. The molecule has 0 saturated carbocycles. The van der Waals surface area contributed by atoms with Crippen molar-refractivity contribution in [2.24, 2.45) is 5.73 Å². The first kappa shape index (κ1) is 48.1. The molecule has 0 heterocycles. The number of hydrogen-bond donors (Lipinski definition) is 7. The van der Waals surface area contributed by atoms with Crippen LogP contribution in [0.1, 0.15) is 19.3 Å². The summed E-state index contributed by atoms with van der Waals surface area (Å²) in [6.45, 7) is 8.09. The van der Waals surface area contributed by atoms with Gasteiger partial charge < -0.3 is 60.7 Å². The fraction of sp³-hybridized carbons (Fsp3) is 0.760. The Hall–Kier alpha value is -2.70. The van der Waals surface area contributed by atoms with Crippen LogP contribution < -0.4 is 21.7 Å². The average molecular weight is 603 g/mol. The fourth-order valence-corrected chi connectivity index (χ4v) is 1.67. The Bertz CT molecular complexity index is 559. The minimum atomic E-state index is -0.394. The molecule has 0 spiro atoms. The van der Waals surface area contributed by atoms with E-state index < -0.39 is 5.97 Å². The van der Waals surface area contributed by atoms with Gasteiger partial charge in [-0.15, -0.1) is 0 Å². The summed E-state index contributed by atoms with van der Waals surface area (Å²) in [5.74, 6) is -1.04. The molecule has 0 amide bonds. The van der Waals surface area contributed by atoms with Crippen LogP contribution in [0.3, 0.4) is 0 Å². The number of carbonyl (C=O) groups is 4. The second-order valence-corrected chi connectivity index (χ2v) is 6.91. The predicted octanol–water partition coefficient (Wildman–Crippen LogP) is -2.67. The Balaban J connectivity index is -0.000000137. The molecule has 0 aromatic heterocycles. The molecule has 246 valence electrons. The maximum Gasteiger partial charge on any atom is 0.329 e. The smallest absolute Gasteiger partial charge is 0.329 e. The van der Waals surface area contributed by atoms with Gasteiger partial charge in [0.2, 0.25) is 0 Å². The van der Waals surface area contributed by atoms with E-state index in [1.165, 1.54) is 28.4 Å². The average Bonchev–Trinajstić information content (AvgIpc) is 3.01. The molecule has 0 fully saturated rings. The predicted molar refractivity (Wildman–Crippen MR) is 153 cm³/mol. The highest BCUT2D eigenvalue weighted by Gasteiger charge is 1.98. The largest absolute Gasteiger partial charge is 0.469 e. The van der Waals surface area contributed by atoms with Gasteiger partial charge in [-0.1, -0.05) is 6.58 Å². The molecule has 0 radical (unpaired) electrons. The van der Waals surface area contributed by atoms with Crippen molar-refractivity contribution in [3.05, 3.63) is 12.7 Å². The lowest BCUT2D eigenvalue weighted by Gasteiger charge is -2.01. The van der Waals surface area contributed by atoms with E-state index in [1.807, 2.05) is 0 Å². The van der Waals surface area contributed by atoms with Gasteiger partial charge in [0.1, 0.15) is 0 Å². The monoisotopic (exact) mass is 602 g/mol. The zero-order valence-electron chi connectivity index (χ0n) is 25.3. The van der Waals surface area contributed by atoms with Crippen LogP contribution in [0.5, 0.6) is 0 Å². The maximum absolute atomic E-state index is 10.6. The van der Waals surface area contributed by atoms with E-state index >= 15 is 0 Å². The summed E-state index contributed by atoms with van der Waals surface area (Å²) in [6, 6.07) is 0. The topological polar surface area (TPSA) is 237 Å². The SMILES string of the molecule is C=CC(=O)OC.COC(=O)CCNCCO.COC(=O)CCNCCO.COCCNCCC(=O)OC.NCCO. The van der Waals surface area contributed by atoms with Crippen molar-refractivity contribution in [1.29, 1.82) is 0 Å². The van der Waals surface area contributed by atoms with Crippen molar-refractivity contribution in [1.82, 2.24) is 16.0 Å². The highest BCUT2D eigenvalue weighted by Crippen LogP contribution is 1.81. The molecule has 0 atom stereocenters. The summed E-state index contributed by atoms with van der Waals surface area (Å²) in [5.41, 5.74) is 4.78. The van der Waals surface area contributed by atoms with Gasteiger partial charge in [0.15, 0.2) is 0 Å². The molecule has 0 unspecified atom stereocenters. The molecular weight excluding hydrogens is 548 g/mol. The van der Waals surface area contributed by atoms with Gasteiger partial charge in [-0.25, -0.2) is 4.79 Å². The fourth-order valence-electron chi connectivity index (χ4n) is 1.67. The van der Waals surface area contributed by atoms with E-state index in [4.69, 9.17) is 25.8 Å². The van der Waals surface area contributed by atoms with E-state index in [9.17, 15) is 19.2 Å². The van der Waals surface area contributed by atoms with Gasteiger partial charge >= 0.3 is 23.9 Å². The van der Waals surface area contributed by atoms with Gasteiger partial charge in [-0.05, 0) is 0 Å². The first-order valence-corrected chi connectivity index (χ1v) is 12.7. The number of methoxy groups -OCH3 is 5. The summed E-state index contributed by atoms with van der Waals surface area (Å²) in [5, 5.41) is 33.1. The third-order valence-corrected chi connectivity index (χ3v) is 3.76. The molecule has 16 nitrogen and oxygen atoms in total. The van der Waals surface area contributed by atoms with E-state index in [0.29, 0.717) is 65.1 Å². The first-order valence-electron chi connectivity index (χ1n) is 12.7. The Morgan fingerprint density at radius 2 is 0.976 bits per heavy atom. The third kappa shape index (κ3) is 62.4. The van der Waals surface area contributed by atoms with Crippen molar-refractivity contribution in [2.75, 3.05) is 108 Å². The molecule has 0 aromatic rings. The number of nitrogens with two attached hydrogens (primary N) is 1. The van der Waals surface area contributed by atoms with Crippen LogP contribution in [0.15, 0.2) is 12.7 Å². The van der Waals surface area contributed by atoms with Gasteiger partial charge in [0, 0.05) is 59.0 Å². The standard InChI is InChI=1S/C7H15NO3.2C6H13NO3.C4H6O2.C2H7NO/c1-10-6-5-8-4-3-7(9)11-2;2*1-10-6(9)2-3-7-4-5-8;1-3-4(5)6-2;3-1-2-4/h8H,3-6H2,1-2H3;2*7-8H,2-5H2,1H3;3H,1H2,2H3;4H,1-3H2. The molecule has 0 saturated heterocycles. The first-order chi connectivity index (χ1) is 19.6. The van der Waals surface area contributed by atoms with Gasteiger partial charge in [0.05, 0.1) is 74.1 Å². The molecule has 0 aliphatic heterocycles. The summed E-state index contributed by atoms with van der Waals surface area (Å²) in [6.07, 6.45) is 2.24. The number of aliphatic hydroxyl groups is 3. The lowest BCUT2D eigenvalue weighted by molar-refractivity contribution is -0.141. The molecule has 0 aliphatic carbocycles. The number of nitrogens with one attached hydrogen (secondary N) is 3. The Kier molecular flexibility index (Phi) is 55.2. The van der Waals surface area contributed by atoms with Gasteiger partial charge in [-0.2, -0.15) is 0 Å². The molecule has 8 N–H and O–H groups in total. The Morgan fingerprint density at radius 1 is 0.634 bits per heavy atom.